The van der Waals surface area contributed by atoms with E-state index >= 15 is 0 Å². The Morgan fingerprint density at radius 2 is 2.03 bits per heavy atom. The SMILES string of the molecule is CC1COCCC1NC1CC[C@@](C(=O)N2CC=C(c3ccccc3)CC2)(C(C)C)C1. The van der Waals surface area contributed by atoms with Crippen molar-refractivity contribution in [3.05, 3.63) is 42.0 Å². The number of ether oxygens (including phenoxy) is 1. The number of hydrogen-bond acceptors (Lipinski definition) is 3. The van der Waals surface area contributed by atoms with Gasteiger partial charge in [0.15, 0.2) is 0 Å². The zero-order chi connectivity index (χ0) is 21.1. The summed E-state index contributed by atoms with van der Waals surface area (Å²) in [4.78, 5) is 15.9. The van der Waals surface area contributed by atoms with Crippen LogP contribution in [0.4, 0.5) is 0 Å². The highest BCUT2D eigenvalue weighted by Gasteiger charge is 2.49. The molecule has 4 heteroatoms. The molecule has 3 unspecified atom stereocenters. The summed E-state index contributed by atoms with van der Waals surface area (Å²) in [7, 11) is 0. The Balaban J connectivity index is 1.42. The van der Waals surface area contributed by atoms with E-state index in [1.807, 2.05) is 0 Å². The topological polar surface area (TPSA) is 41.6 Å². The molecular formula is C26H38N2O2. The maximum absolute atomic E-state index is 13.8. The highest BCUT2D eigenvalue weighted by Crippen LogP contribution is 2.46. The fourth-order valence-electron chi connectivity index (χ4n) is 5.70. The lowest BCUT2D eigenvalue weighted by atomic mass is 9.74. The van der Waals surface area contributed by atoms with E-state index in [9.17, 15) is 4.79 Å². The number of nitrogens with one attached hydrogen (secondary N) is 1. The molecule has 2 heterocycles. The van der Waals surface area contributed by atoms with Crippen LogP contribution >= 0.6 is 0 Å². The second-order valence-corrected chi connectivity index (χ2v) is 9.96. The minimum atomic E-state index is -0.218. The summed E-state index contributed by atoms with van der Waals surface area (Å²) in [5.41, 5.74) is 2.45. The molecule has 0 radical (unpaired) electrons. The third kappa shape index (κ3) is 4.36. The van der Waals surface area contributed by atoms with Crippen molar-refractivity contribution >= 4 is 11.5 Å². The zero-order valence-corrected chi connectivity index (χ0v) is 18.9. The van der Waals surface area contributed by atoms with E-state index in [0.717, 1.165) is 58.4 Å². The molecule has 1 amide bonds. The molecule has 4 nitrogen and oxygen atoms in total. The monoisotopic (exact) mass is 410 g/mol. The van der Waals surface area contributed by atoms with Crippen LogP contribution in [0.15, 0.2) is 36.4 Å². The minimum absolute atomic E-state index is 0.218. The van der Waals surface area contributed by atoms with Gasteiger partial charge in [-0.1, -0.05) is 57.2 Å². The molecule has 0 spiro atoms. The van der Waals surface area contributed by atoms with Gasteiger partial charge in [-0.05, 0) is 55.1 Å². The van der Waals surface area contributed by atoms with Gasteiger partial charge in [-0.25, -0.2) is 0 Å². The lowest BCUT2D eigenvalue weighted by Crippen LogP contribution is -2.49. The largest absolute Gasteiger partial charge is 0.381 e. The zero-order valence-electron chi connectivity index (χ0n) is 18.9. The molecule has 1 saturated carbocycles. The van der Waals surface area contributed by atoms with Gasteiger partial charge >= 0.3 is 0 Å². The number of carbonyl (C=O) groups excluding carboxylic acids is 1. The van der Waals surface area contributed by atoms with Crippen molar-refractivity contribution in [2.45, 2.75) is 65.0 Å². The Kier molecular flexibility index (Phi) is 6.64. The van der Waals surface area contributed by atoms with Crippen LogP contribution in [-0.4, -0.2) is 49.2 Å². The van der Waals surface area contributed by atoms with E-state index in [1.165, 1.54) is 11.1 Å². The van der Waals surface area contributed by atoms with E-state index in [-0.39, 0.29) is 5.41 Å². The average Bonchev–Trinajstić information content (AvgIpc) is 3.21. The molecule has 4 atom stereocenters. The Morgan fingerprint density at radius 3 is 2.70 bits per heavy atom. The molecule has 164 valence electrons. The Bertz CT molecular complexity index is 760. The van der Waals surface area contributed by atoms with Crippen molar-refractivity contribution in [3.8, 4) is 0 Å². The second kappa shape index (κ2) is 9.23. The first-order chi connectivity index (χ1) is 14.5. The standard InChI is InChI=1S/C26H38N2O2/c1-19(2)26(13-9-23(17-26)27-24-12-16-30-18-20(24)3)25(29)28-14-10-22(11-15-28)21-7-5-4-6-8-21/h4-8,10,19-20,23-24,27H,9,11-18H2,1-3H3/t20?,23?,24?,26-/m0/s1. The molecule has 4 rings (SSSR count). The van der Waals surface area contributed by atoms with Crippen molar-refractivity contribution < 1.29 is 9.53 Å². The van der Waals surface area contributed by atoms with Crippen LogP contribution < -0.4 is 5.32 Å². The van der Waals surface area contributed by atoms with E-state index in [4.69, 9.17) is 4.74 Å². The maximum atomic E-state index is 13.8. The highest BCUT2D eigenvalue weighted by molar-refractivity contribution is 5.84. The quantitative estimate of drug-likeness (QED) is 0.776. The van der Waals surface area contributed by atoms with Crippen LogP contribution in [0.5, 0.6) is 0 Å². The average molecular weight is 411 g/mol. The van der Waals surface area contributed by atoms with Gasteiger partial charge in [0.1, 0.15) is 0 Å². The normalized spacial score (nSPS) is 32.3. The van der Waals surface area contributed by atoms with Gasteiger partial charge < -0.3 is 15.0 Å². The lowest BCUT2D eigenvalue weighted by Gasteiger charge is -2.39. The Labute approximate surface area is 182 Å². The third-order valence-corrected chi connectivity index (χ3v) is 7.81. The molecule has 0 bridgehead atoms. The molecule has 1 N–H and O–H groups in total. The number of rotatable bonds is 5. The molecule has 1 saturated heterocycles. The Hall–Kier alpha value is -1.65. The summed E-state index contributed by atoms with van der Waals surface area (Å²) < 4.78 is 5.61. The maximum Gasteiger partial charge on any atom is 0.229 e. The van der Waals surface area contributed by atoms with Gasteiger partial charge in [-0.2, -0.15) is 0 Å². The summed E-state index contributed by atoms with van der Waals surface area (Å²) in [6, 6.07) is 11.5. The van der Waals surface area contributed by atoms with Crippen LogP contribution in [0.3, 0.4) is 0 Å². The second-order valence-electron chi connectivity index (χ2n) is 9.96. The fraction of sp³-hybridized carbons (Fsp3) is 0.654. The first-order valence-electron chi connectivity index (χ1n) is 11.9. The number of nitrogens with zero attached hydrogens (tertiary/aromatic N) is 1. The smallest absolute Gasteiger partial charge is 0.229 e. The minimum Gasteiger partial charge on any atom is -0.381 e. The molecule has 30 heavy (non-hydrogen) atoms. The van der Waals surface area contributed by atoms with Crippen molar-refractivity contribution in [1.29, 1.82) is 0 Å². The predicted octanol–water partition coefficient (Wildman–Crippen LogP) is 4.51. The molecule has 2 aliphatic heterocycles. The third-order valence-electron chi connectivity index (χ3n) is 7.81. The molecule has 0 aromatic heterocycles. The van der Waals surface area contributed by atoms with Crippen LogP contribution in [0.2, 0.25) is 0 Å². The predicted molar refractivity (Wildman–Crippen MR) is 122 cm³/mol. The van der Waals surface area contributed by atoms with Crippen LogP contribution in [0.1, 0.15) is 58.4 Å². The molecule has 2 fully saturated rings. The van der Waals surface area contributed by atoms with Crippen LogP contribution in [-0.2, 0) is 9.53 Å². The number of amides is 1. The van der Waals surface area contributed by atoms with Crippen molar-refractivity contribution in [2.75, 3.05) is 26.3 Å². The van der Waals surface area contributed by atoms with E-state index in [2.05, 4.69) is 67.4 Å². The number of benzene rings is 1. The number of carbonyl (C=O) groups is 1. The van der Waals surface area contributed by atoms with Gasteiger partial charge in [0.2, 0.25) is 5.91 Å². The molecular weight excluding hydrogens is 372 g/mol. The summed E-state index contributed by atoms with van der Waals surface area (Å²) in [5, 5.41) is 3.90. The van der Waals surface area contributed by atoms with Crippen LogP contribution in [0, 0.1) is 17.3 Å². The molecule has 1 aliphatic carbocycles. The van der Waals surface area contributed by atoms with Crippen LogP contribution in [0.25, 0.3) is 5.57 Å². The van der Waals surface area contributed by atoms with Crippen molar-refractivity contribution in [2.24, 2.45) is 17.3 Å². The molecule has 1 aromatic carbocycles. The summed E-state index contributed by atoms with van der Waals surface area (Å²) in [5.74, 6) is 1.29. The molecule has 1 aromatic rings. The Morgan fingerprint density at radius 1 is 1.23 bits per heavy atom. The number of hydrogen-bond donors (Lipinski definition) is 1. The van der Waals surface area contributed by atoms with E-state index < -0.39 is 0 Å². The van der Waals surface area contributed by atoms with Gasteiger partial charge in [-0.3, -0.25) is 4.79 Å². The van der Waals surface area contributed by atoms with E-state index in [1.54, 1.807) is 0 Å². The van der Waals surface area contributed by atoms with E-state index in [0.29, 0.717) is 29.8 Å². The first-order valence-corrected chi connectivity index (χ1v) is 11.9. The van der Waals surface area contributed by atoms with Crippen molar-refractivity contribution in [1.82, 2.24) is 10.2 Å². The van der Waals surface area contributed by atoms with Gasteiger partial charge in [-0.15, -0.1) is 0 Å². The van der Waals surface area contributed by atoms with Crippen molar-refractivity contribution in [3.63, 3.8) is 0 Å². The molecule has 3 aliphatic rings. The lowest BCUT2D eigenvalue weighted by molar-refractivity contribution is -0.144. The van der Waals surface area contributed by atoms with Gasteiger partial charge in [0, 0.05) is 31.8 Å². The fourth-order valence-corrected chi connectivity index (χ4v) is 5.70. The highest BCUT2D eigenvalue weighted by atomic mass is 16.5. The summed E-state index contributed by atoms with van der Waals surface area (Å²) >= 11 is 0. The summed E-state index contributed by atoms with van der Waals surface area (Å²) in [6.45, 7) is 10.0. The van der Waals surface area contributed by atoms with Gasteiger partial charge in [0.25, 0.3) is 0 Å². The summed E-state index contributed by atoms with van der Waals surface area (Å²) in [6.07, 6.45) is 7.38. The first kappa shape index (κ1) is 21.6. The van der Waals surface area contributed by atoms with Gasteiger partial charge in [0.05, 0.1) is 12.0 Å².